The van der Waals surface area contributed by atoms with E-state index in [1.807, 2.05) is 0 Å². The van der Waals surface area contributed by atoms with Crippen LogP contribution in [0.15, 0.2) is 0 Å². The molecule has 4 N–H and O–H groups in total. The third-order valence-corrected chi connectivity index (χ3v) is 0.623. The highest BCUT2D eigenvalue weighted by atomic mass is 35.5. The normalized spacial score (nSPS) is 9.00. The van der Waals surface area contributed by atoms with Gasteiger partial charge in [0.1, 0.15) is 0 Å². The minimum absolute atomic E-state index is 0. The monoisotopic (exact) mass is 143 g/mol. The number of aliphatic hydroxyl groups is 2. The molecule has 0 atom stereocenters. The first-order valence-corrected chi connectivity index (χ1v) is 1.96. The predicted molar refractivity (Wildman–Crippen MR) is 30.1 cm³/mol. The Balaban J connectivity index is 0. The molecular formula is C3H10ClNO3. The van der Waals surface area contributed by atoms with Crippen LogP contribution < -0.4 is 5.48 Å². The van der Waals surface area contributed by atoms with E-state index in [0.29, 0.717) is 0 Å². The Morgan fingerprint density at radius 2 is 1.62 bits per heavy atom. The van der Waals surface area contributed by atoms with Gasteiger partial charge in [0, 0.05) is 0 Å². The molecule has 0 aromatic rings. The van der Waals surface area contributed by atoms with Crippen LogP contribution in [0.2, 0.25) is 0 Å². The van der Waals surface area contributed by atoms with Crippen LogP contribution in [0, 0.1) is 0 Å². The Hall–Kier alpha value is 0.130. The number of nitrogens with one attached hydrogen (secondary N) is 1. The van der Waals surface area contributed by atoms with E-state index >= 15 is 0 Å². The summed E-state index contributed by atoms with van der Waals surface area (Å²) in [6, 6.07) is -0.597. The van der Waals surface area contributed by atoms with Gasteiger partial charge in [0.15, 0.2) is 0 Å². The number of hydrogen-bond donors (Lipinski definition) is 4. The lowest BCUT2D eigenvalue weighted by molar-refractivity contribution is 0.0586. The molecule has 0 saturated carbocycles. The van der Waals surface area contributed by atoms with Gasteiger partial charge >= 0.3 is 0 Å². The summed E-state index contributed by atoms with van der Waals surface area (Å²) < 4.78 is 0. The van der Waals surface area contributed by atoms with Crippen LogP contribution >= 0.6 is 12.4 Å². The lowest BCUT2D eigenvalue weighted by Gasteiger charge is -2.04. The molecule has 4 nitrogen and oxygen atoms in total. The van der Waals surface area contributed by atoms with Gasteiger partial charge in [0.05, 0.1) is 19.3 Å². The van der Waals surface area contributed by atoms with Crippen molar-refractivity contribution >= 4 is 12.4 Å². The Labute approximate surface area is 53.5 Å². The van der Waals surface area contributed by atoms with Gasteiger partial charge in [-0.3, -0.25) is 0 Å². The molecular weight excluding hydrogens is 133 g/mol. The zero-order chi connectivity index (χ0) is 5.70. The third-order valence-electron chi connectivity index (χ3n) is 0.623. The lowest BCUT2D eigenvalue weighted by Crippen LogP contribution is -2.32. The summed E-state index contributed by atoms with van der Waals surface area (Å²) in [6.07, 6.45) is 0. The summed E-state index contributed by atoms with van der Waals surface area (Å²) in [5.41, 5.74) is 1.70. The molecule has 0 bridgehead atoms. The minimum atomic E-state index is -0.597. The molecule has 0 radical (unpaired) electrons. The average molecular weight is 144 g/mol. The van der Waals surface area contributed by atoms with E-state index in [-0.39, 0.29) is 25.6 Å². The fourth-order valence-electron chi connectivity index (χ4n) is 0.139. The maximum Gasteiger partial charge on any atom is 0.0781 e. The molecule has 0 aliphatic heterocycles. The lowest BCUT2D eigenvalue weighted by atomic mass is 10.4. The molecule has 0 aromatic heterocycles. The highest BCUT2D eigenvalue weighted by molar-refractivity contribution is 5.85. The second-order valence-electron chi connectivity index (χ2n) is 1.19. The summed E-state index contributed by atoms with van der Waals surface area (Å²) in [7, 11) is 0. The van der Waals surface area contributed by atoms with E-state index in [4.69, 9.17) is 15.4 Å². The van der Waals surface area contributed by atoms with E-state index < -0.39 is 6.04 Å². The fourth-order valence-corrected chi connectivity index (χ4v) is 0.139. The average Bonchev–Trinajstić information content (AvgIpc) is 1.72. The molecule has 0 amide bonds. The van der Waals surface area contributed by atoms with E-state index in [2.05, 4.69) is 0 Å². The van der Waals surface area contributed by atoms with Crippen molar-refractivity contribution in [3.05, 3.63) is 0 Å². The van der Waals surface area contributed by atoms with Crippen LogP contribution in [0.3, 0.4) is 0 Å². The van der Waals surface area contributed by atoms with Gasteiger partial charge < -0.3 is 15.4 Å². The first-order valence-electron chi connectivity index (χ1n) is 1.96. The number of aliphatic hydroxyl groups excluding tert-OH is 2. The van der Waals surface area contributed by atoms with Crippen LogP contribution in [0.4, 0.5) is 0 Å². The van der Waals surface area contributed by atoms with Gasteiger partial charge in [0.25, 0.3) is 0 Å². The molecule has 8 heavy (non-hydrogen) atoms. The quantitative estimate of drug-likeness (QED) is 0.372. The van der Waals surface area contributed by atoms with Crippen molar-refractivity contribution in [2.24, 2.45) is 0 Å². The molecule has 0 unspecified atom stereocenters. The molecule has 0 aromatic carbocycles. The minimum Gasteiger partial charge on any atom is -0.395 e. The van der Waals surface area contributed by atoms with Crippen molar-refractivity contribution in [1.29, 1.82) is 0 Å². The van der Waals surface area contributed by atoms with Gasteiger partial charge in [-0.2, -0.15) is 5.48 Å². The van der Waals surface area contributed by atoms with Crippen LogP contribution in [0.25, 0.3) is 0 Å². The molecule has 0 fully saturated rings. The summed E-state index contributed by atoms with van der Waals surface area (Å²) in [4.78, 5) is 0. The van der Waals surface area contributed by atoms with Crippen molar-refractivity contribution in [2.75, 3.05) is 13.2 Å². The van der Waals surface area contributed by atoms with Crippen molar-refractivity contribution in [2.45, 2.75) is 6.04 Å². The van der Waals surface area contributed by atoms with Gasteiger partial charge in [-0.15, -0.1) is 12.4 Å². The topological polar surface area (TPSA) is 72.7 Å². The van der Waals surface area contributed by atoms with E-state index in [1.165, 1.54) is 0 Å². The van der Waals surface area contributed by atoms with Gasteiger partial charge in [-0.1, -0.05) is 0 Å². The van der Waals surface area contributed by atoms with Crippen LogP contribution in [0.1, 0.15) is 0 Å². The molecule has 0 aliphatic carbocycles. The largest absolute Gasteiger partial charge is 0.395 e. The molecule has 0 rings (SSSR count). The highest BCUT2D eigenvalue weighted by Gasteiger charge is 1.99. The van der Waals surface area contributed by atoms with Crippen LogP contribution in [0.5, 0.6) is 0 Å². The Bertz CT molecular complexity index is 36.0. The van der Waals surface area contributed by atoms with E-state index in [0.717, 1.165) is 0 Å². The Kier molecular flexibility index (Phi) is 9.80. The predicted octanol–water partition coefficient (Wildman–Crippen LogP) is -1.26. The maximum absolute atomic E-state index is 8.14. The maximum atomic E-state index is 8.14. The third kappa shape index (κ3) is 4.29. The van der Waals surface area contributed by atoms with Crippen LogP contribution in [-0.2, 0) is 0 Å². The summed E-state index contributed by atoms with van der Waals surface area (Å²) in [6.45, 7) is -0.514. The SMILES string of the molecule is Cl.OCC(CO)NO. The molecule has 0 spiro atoms. The summed E-state index contributed by atoms with van der Waals surface area (Å²) in [5.74, 6) is 0. The molecule has 0 saturated heterocycles. The first-order chi connectivity index (χ1) is 3.35. The number of rotatable bonds is 3. The molecule has 52 valence electrons. The fraction of sp³-hybridized carbons (Fsp3) is 1.00. The van der Waals surface area contributed by atoms with Crippen LogP contribution in [-0.4, -0.2) is 34.7 Å². The van der Waals surface area contributed by atoms with Crippen molar-refractivity contribution in [3.63, 3.8) is 0 Å². The second kappa shape index (κ2) is 7.13. The number of halogens is 1. The summed E-state index contributed by atoms with van der Waals surface area (Å²) in [5, 5.41) is 24.2. The second-order valence-corrected chi connectivity index (χ2v) is 1.19. The first kappa shape index (κ1) is 11.0. The molecule has 0 aliphatic rings. The van der Waals surface area contributed by atoms with E-state index in [1.54, 1.807) is 5.48 Å². The van der Waals surface area contributed by atoms with Crippen molar-refractivity contribution in [3.8, 4) is 0 Å². The smallest absolute Gasteiger partial charge is 0.0781 e. The number of hydroxylamine groups is 1. The van der Waals surface area contributed by atoms with Gasteiger partial charge in [0.2, 0.25) is 0 Å². The van der Waals surface area contributed by atoms with Gasteiger partial charge in [-0.05, 0) is 0 Å². The Morgan fingerprint density at radius 1 is 1.25 bits per heavy atom. The van der Waals surface area contributed by atoms with E-state index in [9.17, 15) is 0 Å². The van der Waals surface area contributed by atoms with Crippen molar-refractivity contribution in [1.82, 2.24) is 5.48 Å². The zero-order valence-electron chi connectivity index (χ0n) is 4.24. The Morgan fingerprint density at radius 3 is 1.62 bits per heavy atom. The molecule has 0 heterocycles. The number of hydrogen-bond acceptors (Lipinski definition) is 4. The zero-order valence-corrected chi connectivity index (χ0v) is 5.06. The standard InChI is InChI=1S/C3H9NO3.ClH/c5-1-3(2-6)4-7;/h3-7H,1-2H2;1H. The summed E-state index contributed by atoms with van der Waals surface area (Å²) >= 11 is 0. The highest BCUT2D eigenvalue weighted by Crippen LogP contribution is 1.72. The molecule has 5 heteroatoms. The van der Waals surface area contributed by atoms with Gasteiger partial charge in [-0.25, -0.2) is 0 Å². The van der Waals surface area contributed by atoms with Crippen molar-refractivity contribution < 1.29 is 15.4 Å².